The summed E-state index contributed by atoms with van der Waals surface area (Å²) in [5.41, 5.74) is 0. The normalized spacial score (nSPS) is 11.8. The Bertz CT molecular complexity index is 319. The third-order valence-electron chi connectivity index (χ3n) is 1.91. The van der Waals surface area contributed by atoms with E-state index in [1.165, 1.54) is 7.05 Å². The highest BCUT2D eigenvalue weighted by atomic mass is 16.4. The third kappa shape index (κ3) is 6.69. The van der Waals surface area contributed by atoms with Gasteiger partial charge in [-0.05, 0) is 13.8 Å². The van der Waals surface area contributed by atoms with E-state index in [0.29, 0.717) is 0 Å². The second-order valence-corrected chi connectivity index (χ2v) is 4.12. The lowest BCUT2D eigenvalue weighted by Crippen LogP contribution is -2.47. The van der Waals surface area contributed by atoms with Crippen molar-refractivity contribution in [1.29, 1.82) is 0 Å². The zero-order valence-electron chi connectivity index (χ0n) is 10.6. The number of likely N-dealkylation sites (N-methyl/N-ethyl adjacent to an activating group) is 1. The standard InChI is InChI=1S/C10H19N3O5/c1-6(2)12-8(15)5-13(3)10(18)11-4-7(14)9(16)17/h6-7,14H,4-5H2,1-3H3,(H,11,18)(H,12,15)(H,16,17). The molecule has 0 saturated heterocycles. The van der Waals surface area contributed by atoms with Crippen LogP contribution in [0.1, 0.15) is 13.8 Å². The van der Waals surface area contributed by atoms with Gasteiger partial charge in [0, 0.05) is 13.1 Å². The SMILES string of the molecule is CC(C)NC(=O)CN(C)C(=O)NCC(O)C(=O)O. The number of nitrogens with zero attached hydrogens (tertiary/aromatic N) is 1. The molecule has 8 heteroatoms. The number of aliphatic hydroxyl groups excluding tert-OH is 1. The average Bonchev–Trinajstić information content (AvgIpc) is 2.23. The van der Waals surface area contributed by atoms with Crippen LogP contribution in [0.4, 0.5) is 4.79 Å². The van der Waals surface area contributed by atoms with E-state index in [0.717, 1.165) is 4.90 Å². The Kier molecular flexibility index (Phi) is 6.73. The van der Waals surface area contributed by atoms with Crippen molar-refractivity contribution >= 4 is 17.9 Å². The molecule has 0 aromatic rings. The van der Waals surface area contributed by atoms with Gasteiger partial charge in [-0.2, -0.15) is 0 Å². The van der Waals surface area contributed by atoms with Gasteiger partial charge in [-0.3, -0.25) is 4.79 Å². The molecule has 0 heterocycles. The number of rotatable bonds is 6. The van der Waals surface area contributed by atoms with E-state index in [2.05, 4.69) is 10.6 Å². The molecular formula is C10H19N3O5. The highest BCUT2D eigenvalue weighted by Crippen LogP contribution is 1.87. The second kappa shape index (κ2) is 7.49. The lowest BCUT2D eigenvalue weighted by Gasteiger charge is -2.19. The molecule has 8 nitrogen and oxygen atoms in total. The summed E-state index contributed by atoms with van der Waals surface area (Å²) in [5, 5.41) is 22.2. The summed E-state index contributed by atoms with van der Waals surface area (Å²) >= 11 is 0. The van der Waals surface area contributed by atoms with Crippen molar-refractivity contribution < 1.29 is 24.6 Å². The molecule has 0 saturated carbocycles. The Hall–Kier alpha value is -1.83. The molecule has 1 unspecified atom stereocenters. The van der Waals surface area contributed by atoms with Gasteiger partial charge >= 0.3 is 12.0 Å². The highest BCUT2D eigenvalue weighted by Gasteiger charge is 2.17. The van der Waals surface area contributed by atoms with Crippen LogP contribution in [-0.4, -0.2) is 65.3 Å². The molecule has 0 fully saturated rings. The first-order valence-corrected chi connectivity index (χ1v) is 5.43. The molecule has 0 spiro atoms. The summed E-state index contributed by atoms with van der Waals surface area (Å²) < 4.78 is 0. The number of carboxylic acids is 1. The molecule has 0 rings (SSSR count). The Morgan fingerprint density at radius 2 is 1.83 bits per heavy atom. The molecule has 0 aliphatic rings. The van der Waals surface area contributed by atoms with Gasteiger partial charge < -0.3 is 25.7 Å². The average molecular weight is 261 g/mol. The topological polar surface area (TPSA) is 119 Å². The van der Waals surface area contributed by atoms with Gasteiger partial charge in [0.1, 0.15) is 6.54 Å². The van der Waals surface area contributed by atoms with E-state index >= 15 is 0 Å². The van der Waals surface area contributed by atoms with Gasteiger partial charge in [-0.25, -0.2) is 9.59 Å². The summed E-state index contributed by atoms with van der Waals surface area (Å²) in [6.45, 7) is 3.03. The van der Waals surface area contributed by atoms with Crippen LogP contribution in [0.25, 0.3) is 0 Å². The molecule has 3 amide bonds. The Labute approximate surface area is 105 Å². The van der Waals surface area contributed by atoms with Crippen LogP contribution >= 0.6 is 0 Å². The predicted molar refractivity (Wildman–Crippen MR) is 63.0 cm³/mol. The van der Waals surface area contributed by atoms with Gasteiger partial charge in [-0.1, -0.05) is 0 Å². The summed E-state index contributed by atoms with van der Waals surface area (Å²) in [6, 6.07) is -0.656. The van der Waals surface area contributed by atoms with Crippen LogP contribution in [-0.2, 0) is 9.59 Å². The molecular weight excluding hydrogens is 242 g/mol. The molecule has 0 bridgehead atoms. The maximum atomic E-state index is 11.4. The van der Waals surface area contributed by atoms with E-state index in [-0.39, 0.29) is 18.5 Å². The number of carbonyl (C=O) groups is 3. The zero-order chi connectivity index (χ0) is 14.3. The van der Waals surface area contributed by atoms with Gasteiger partial charge in [0.05, 0.1) is 6.54 Å². The minimum atomic E-state index is -1.66. The minimum Gasteiger partial charge on any atom is -0.479 e. The minimum absolute atomic E-state index is 0.0252. The van der Waals surface area contributed by atoms with Crippen LogP contribution in [0.15, 0.2) is 0 Å². The van der Waals surface area contributed by atoms with Crippen molar-refractivity contribution in [2.45, 2.75) is 26.0 Å². The van der Waals surface area contributed by atoms with Crippen molar-refractivity contribution in [2.24, 2.45) is 0 Å². The molecule has 1 atom stereocenters. The Morgan fingerprint density at radius 1 is 1.28 bits per heavy atom. The quantitative estimate of drug-likeness (QED) is 0.469. The predicted octanol–water partition coefficient (Wildman–Crippen LogP) is -1.40. The largest absolute Gasteiger partial charge is 0.479 e. The summed E-state index contributed by atoms with van der Waals surface area (Å²) in [7, 11) is 1.39. The third-order valence-corrected chi connectivity index (χ3v) is 1.91. The maximum absolute atomic E-state index is 11.4. The van der Waals surface area contributed by atoms with Crippen LogP contribution in [0, 0.1) is 0 Å². The molecule has 0 aromatic heterocycles. The van der Waals surface area contributed by atoms with Crippen LogP contribution < -0.4 is 10.6 Å². The first kappa shape index (κ1) is 16.2. The summed E-state index contributed by atoms with van der Waals surface area (Å²) in [4.78, 5) is 34.2. The maximum Gasteiger partial charge on any atom is 0.334 e. The molecule has 104 valence electrons. The number of aliphatic carboxylic acids is 1. The fraction of sp³-hybridized carbons (Fsp3) is 0.700. The Balaban J connectivity index is 4.03. The molecule has 0 aliphatic heterocycles. The monoisotopic (exact) mass is 261 g/mol. The summed E-state index contributed by atoms with van der Waals surface area (Å²) in [5.74, 6) is -1.74. The molecule has 18 heavy (non-hydrogen) atoms. The number of nitrogens with one attached hydrogen (secondary N) is 2. The lowest BCUT2D eigenvalue weighted by molar-refractivity contribution is -0.146. The number of amides is 3. The molecule has 0 radical (unpaired) electrons. The van der Waals surface area contributed by atoms with Crippen LogP contribution in [0.5, 0.6) is 0 Å². The number of aliphatic hydroxyl groups is 1. The fourth-order valence-electron chi connectivity index (χ4n) is 1.06. The zero-order valence-corrected chi connectivity index (χ0v) is 10.6. The van der Waals surface area contributed by atoms with E-state index < -0.39 is 24.6 Å². The van der Waals surface area contributed by atoms with Crippen molar-refractivity contribution in [1.82, 2.24) is 15.5 Å². The van der Waals surface area contributed by atoms with Gasteiger partial charge in [0.2, 0.25) is 5.91 Å². The van der Waals surface area contributed by atoms with Crippen molar-refractivity contribution in [3.63, 3.8) is 0 Å². The van der Waals surface area contributed by atoms with Crippen LogP contribution in [0.2, 0.25) is 0 Å². The second-order valence-electron chi connectivity index (χ2n) is 4.12. The number of hydrogen-bond acceptors (Lipinski definition) is 4. The van der Waals surface area contributed by atoms with Gasteiger partial charge in [0.25, 0.3) is 0 Å². The summed E-state index contributed by atoms with van der Waals surface area (Å²) in [6.07, 6.45) is -1.66. The molecule has 0 aromatic carbocycles. The van der Waals surface area contributed by atoms with Crippen molar-refractivity contribution in [3.05, 3.63) is 0 Å². The number of hydrogen-bond donors (Lipinski definition) is 4. The number of carbonyl (C=O) groups excluding carboxylic acids is 2. The highest BCUT2D eigenvalue weighted by molar-refractivity contribution is 5.84. The van der Waals surface area contributed by atoms with Crippen molar-refractivity contribution in [2.75, 3.05) is 20.1 Å². The van der Waals surface area contributed by atoms with Gasteiger partial charge in [0.15, 0.2) is 6.10 Å². The number of carboxylic acid groups (broad SMARTS) is 1. The van der Waals surface area contributed by atoms with Gasteiger partial charge in [-0.15, -0.1) is 0 Å². The van der Waals surface area contributed by atoms with E-state index in [1.807, 2.05) is 0 Å². The smallest absolute Gasteiger partial charge is 0.334 e. The number of urea groups is 1. The first-order valence-electron chi connectivity index (χ1n) is 5.43. The lowest BCUT2D eigenvalue weighted by atomic mass is 10.3. The van der Waals surface area contributed by atoms with E-state index in [1.54, 1.807) is 13.8 Å². The fourth-order valence-corrected chi connectivity index (χ4v) is 1.06. The van der Waals surface area contributed by atoms with Crippen molar-refractivity contribution in [3.8, 4) is 0 Å². The molecule has 4 N–H and O–H groups in total. The van der Waals surface area contributed by atoms with E-state index in [9.17, 15) is 14.4 Å². The van der Waals surface area contributed by atoms with E-state index in [4.69, 9.17) is 10.2 Å². The van der Waals surface area contributed by atoms with Crippen LogP contribution in [0.3, 0.4) is 0 Å². The molecule has 0 aliphatic carbocycles. The Morgan fingerprint density at radius 3 is 2.28 bits per heavy atom. The first-order chi connectivity index (χ1) is 8.23.